The van der Waals surface area contributed by atoms with Crippen LogP contribution in [-0.4, -0.2) is 27.9 Å². The fourth-order valence-electron chi connectivity index (χ4n) is 1.23. The van der Waals surface area contributed by atoms with Crippen LogP contribution < -0.4 is 5.32 Å². The van der Waals surface area contributed by atoms with E-state index in [1.807, 2.05) is 11.8 Å². The largest absolute Gasteiger partial charge is 0.360 e. The highest BCUT2D eigenvalue weighted by molar-refractivity contribution is 7.98. The van der Waals surface area contributed by atoms with E-state index in [0.717, 1.165) is 17.5 Å². The van der Waals surface area contributed by atoms with E-state index in [4.69, 9.17) is 0 Å². The lowest BCUT2D eigenvalue weighted by atomic mass is 10.4. The molecule has 2 rings (SSSR count). The molecule has 1 aromatic rings. The van der Waals surface area contributed by atoms with E-state index in [1.165, 1.54) is 36.5 Å². The summed E-state index contributed by atoms with van der Waals surface area (Å²) in [7, 11) is 0. The van der Waals surface area contributed by atoms with Gasteiger partial charge in [-0.2, -0.15) is 16.1 Å². The molecule has 1 fully saturated rings. The van der Waals surface area contributed by atoms with Gasteiger partial charge in [0, 0.05) is 24.0 Å². The van der Waals surface area contributed by atoms with Gasteiger partial charge in [-0.05, 0) is 31.3 Å². The zero-order valence-corrected chi connectivity index (χ0v) is 9.96. The second-order valence-electron chi connectivity index (χ2n) is 3.51. The molecule has 0 spiro atoms. The Kier molecular flexibility index (Phi) is 3.64. The Hall–Kier alpha value is -0.290. The number of anilines is 1. The van der Waals surface area contributed by atoms with Crippen LogP contribution in [-0.2, 0) is 0 Å². The zero-order chi connectivity index (χ0) is 9.80. The Balaban J connectivity index is 1.72. The maximum absolute atomic E-state index is 4.46. The average molecular weight is 229 g/mol. The Morgan fingerprint density at radius 2 is 2.43 bits per heavy atom. The van der Waals surface area contributed by atoms with Crippen molar-refractivity contribution in [3.05, 3.63) is 5.82 Å². The Labute approximate surface area is 92.9 Å². The maximum Gasteiger partial charge on any atom is 0.202 e. The SMILES string of the molecule is CSCCCNc1nc(C2CC2)ns1. The van der Waals surface area contributed by atoms with Crippen LogP contribution in [0.2, 0.25) is 0 Å². The van der Waals surface area contributed by atoms with Crippen LogP contribution >= 0.6 is 23.3 Å². The van der Waals surface area contributed by atoms with Crippen LogP contribution in [0.4, 0.5) is 5.13 Å². The molecule has 0 aliphatic heterocycles. The van der Waals surface area contributed by atoms with Crippen LogP contribution in [0.3, 0.4) is 0 Å². The van der Waals surface area contributed by atoms with E-state index >= 15 is 0 Å². The van der Waals surface area contributed by atoms with Gasteiger partial charge in [-0.3, -0.25) is 0 Å². The highest BCUT2D eigenvalue weighted by Gasteiger charge is 2.27. The summed E-state index contributed by atoms with van der Waals surface area (Å²) in [5.41, 5.74) is 0. The van der Waals surface area contributed by atoms with Gasteiger partial charge in [0.2, 0.25) is 5.13 Å². The summed E-state index contributed by atoms with van der Waals surface area (Å²) in [5, 5.41) is 4.31. The number of nitrogens with zero attached hydrogens (tertiary/aromatic N) is 2. The second-order valence-corrected chi connectivity index (χ2v) is 5.24. The molecule has 1 aliphatic carbocycles. The second kappa shape index (κ2) is 4.98. The topological polar surface area (TPSA) is 37.8 Å². The molecular weight excluding hydrogens is 214 g/mol. The number of nitrogens with one attached hydrogen (secondary N) is 1. The first-order chi connectivity index (χ1) is 6.90. The fraction of sp³-hybridized carbons (Fsp3) is 0.778. The zero-order valence-electron chi connectivity index (χ0n) is 8.32. The van der Waals surface area contributed by atoms with E-state index in [0.29, 0.717) is 5.92 Å². The van der Waals surface area contributed by atoms with Gasteiger partial charge in [-0.15, -0.1) is 0 Å². The molecule has 14 heavy (non-hydrogen) atoms. The van der Waals surface area contributed by atoms with E-state index in [1.54, 1.807) is 0 Å². The minimum Gasteiger partial charge on any atom is -0.360 e. The van der Waals surface area contributed by atoms with E-state index in [9.17, 15) is 0 Å². The van der Waals surface area contributed by atoms with Crippen LogP contribution in [0.25, 0.3) is 0 Å². The van der Waals surface area contributed by atoms with Gasteiger partial charge in [-0.1, -0.05) is 0 Å². The standard InChI is InChI=1S/C9H15N3S2/c1-13-6-2-5-10-9-11-8(12-14-9)7-3-4-7/h7H,2-6H2,1H3,(H,10,11,12). The molecule has 0 saturated heterocycles. The normalized spacial score (nSPS) is 15.8. The van der Waals surface area contributed by atoms with Crippen LogP contribution in [0, 0.1) is 0 Å². The summed E-state index contributed by atoms with van der Waals surface area (Å²) in [6, 6.07) is 0. The molecule has 3 nitrogen and oxygen atoms in total. The Morgan fingerprint density at radius 1 is 1.57 bits per heavy atom. The molecule has 0 aromatic carbocycles. The van der Waals surface area contributed by atoms with Crippen LogP contribution in [0.1, 0.15) is 31.0 Å². The van der Waals surface area contributed by atoms with Gasteiger partial charge in [0.1, 0.15) is 5.82 Å². The first-order valence-electron chi connectivity index (χ1n) is 4.96. The number of hydrogen-bond donors (Lipinski definition) is 1. The van der Waals surface area contributed by atoms with Crippen molar-refractivity contribution in [2.45, 2.75) is 25.2 Å². The molecule has 1 N–H and O–H groups in total. The summed E-state index contributed by atoms with van der Waals surface area (Å²) in [6.07, 6.45) is 5.89. The number of thioether (sulfide) groups is 1. The van der Waals surface area contributed by atoms with Crippen molar-refractivity contribution < 1.29 is 0 Å². The first kappa shape index (κ1) is 10.2. The number of hydrogen-bond acceptors (Lipinski definition) is 5. The van der Waals surface area contributed by atoms with Crippen LogP contribution in [0.5, 0.6) is 0 Å². The Bertz CT molecular complexity index is 283. The molecule has 0 unspecified atom stereocenters. The van der Waals surface area contributed by atoms with Crippen molar-refractivity contribution >= 4 is 28.4 Å². The lowest BCUT2D eigenvalue weighted by Gasteiger charge is -1.99. The molecule has 0 bridgehead atoms. The third-order valence-corrected chi connectivity index (χ3v) is 3.57. The minimum atomic E-state index is 0.674. The molecule has 0 radical (unpaired) electrons. The molecule has 1 heterocycles. The van der Waals surface area contributed by atoms with Gasteiger partial charge in [0.15, 0.2) is 0 Å². The van der Waals surface area contributed by atoms with Crippen molar-refractivity contribution in [3.8, 4) is 0 Å². The maximum atomic E-state index is 4.46. The number of aromatic nitrogens is 2. The predicted molar refractivity (Wildman–Crippen MR) is 63.4 cm³/mol. The molecule has 0 atom stereocenters. The monoisotopic (exact) mass is 229 g/mol. The first-order valence-corrected chi connectivity index (χ1v) is 7.13. The van der Waals surface area contributed by atoms with Gasteiger partial charge < -0.3 is 5.32 Å². The minimum absolute atomic E-state index is 0.674. The van der Waals surface area contributed by atoms with Gasteiger partial charge >= 0.3 is 0 Å². The predicted octanol–water partition coefficient (Wildman–Crippen LogP) is 2.58. The molecule has 5 heteroatoms. The lowest BCUT2D eigenvalue weighted by molar-refractivity contribution is 0.960. The third-order valence-electron chi connectivity index (χ3n) is 2.19. The van der Waals surface area contributed by atoms with E-state index < -0.39 is 0 Å². The fourth-order valence-corrected chi connectivity index (χ4v) is 2.33. The van der Waals surface area contributed by atoms with Crippen LogP contribution in [0.15, 0.2) is 0 Å². The van der Waals surface area contributed by atoms with E-state index in [-0.39, 0.29) is 0 Å². The van der Waals surface area contributed by atoms with Gasteiger partial charge in [0.25, 0.3) is 0 Å². The highest BCUT2D eigenvalue weighted by Crippen LogP contribution is 2.39. The molecule has 1 aliphatic rings. The van der Waals surface area contributed by atoms with Gasteiger partial charge in [-0.25, -0.2) is 4.98 Å². The smallest absolute Gasteiger partial charge is 0.202 e. The molecule has 0 amide bonds. The quantitative estimate of drug-likeness (QED) is 0.761. The molecule has 78 valence electrons. The Morgan fingerprint density at radius 3 is 3.14 bits per heavy atom. The summed E-state index contributed by atoms with van der Waals surface area (Å²) in [4.78, 5) is 4.46. The third kappa shape index (κ3) is 2.85. The summed E-state index contributed by atoms with van der Waals surface area (Å²) in [6.45, 7) is 1.01. The van der Waals surface area contributed by atoms with Crippen molar-refractivity contribution in [1.29, 1.82) is 0 Å². The molecular formula is C9H15N3S2. The van der Waals surface area contributed by atoms with Crippen molar-refractivity contribution in [3.63, 3.8) is 0 Å². The molecule has 1 aromatic heterocycles. The summed E-state index contributed by atoms with van der Waals surface area (Å²) < 4.78 is 4.34. The average Bonchev–Trinajstić information content (AvgIpc) is 2.94. The van der Waals surface area contributed by atoms with Gasteiger partial charge in [0.05, 0.1) is 0 Å². The van der Waals surface area contributed by atoms with Crippen molar-refractivity contribution in [2.75, 3.05) is 23.9 Å². The van der Waals surface area contributed by atoms with Crippen molar-refractivity contribution in [2.24, 2.45) is 0 Å². The van der Waals surface area contributed by atoms with Crippen molar-refractivity contribution in [1.82, 2.24) is 9.36 Å². The lowest BCUT2D eigenvalue weighted by Crippen LogP contribution is -2.02. The number of rotatable bonds is 6. The summed E-state index contributed by atoms with van der Waals surface area (Å²) in [5.74, 6) is 2.94. The summed E-state index contributed by atoms with van der Waals surface area (Å²) >= 11 is 3.38. The highest BCUT2D eigenvalue weighted by atomic mass is 32.2. The van der Waals surface area contributed by atoms with E-state index in [2.05, 4.69) is 20.9 Å². The molecule has 1 saturated carbocycles.